The Morgan fingerprint density at radius 2 is 1.97 bits per heavy atom. The molecule has 4 rings (SSSR count). The molecule has 0 radical (unpaired) electrons. The number of rotatable bonds is 7. The van der Waals surface area contributed by atoms with Crippen molar-refractivity contribution in [3.8, 4) is 0 Å². The lowest BCUT2D eigenvalue weighted by Crippen LogP contribution is -2.50. The quantitative estimate of drug-likeness (QED) is 0.456. The molecule has 8 heteroatoms. The number of carbonyl (C=O) groups is 1. The second-order valence-electron chi connectivity index (χ2n) is 10.3. The number of nitrogens with zero attached hydrogens (tertiary/aromatic N) is 4. The first-order valence-electron chi connectivity index (χ1n) is 11.4. The third kappa shape index (κ3) is 4.65. The van der Waals surface area contributed by atoms with E-state index in [1.165, 1.54) is 0 Å². The second kappa shape index (κ2) is 8.90. The Hall–Kier alpha value is -1.93. The van der Waals surface area contributed by atoms with Gasteiger partial charge in [0.1, 0.15) is 12.4 Å². The number of ether oxygens (including phenoxy) is 1. The van der Waals surface area contributed by atoms with Crippen molar-refractivity contribution in [1.29, 1.82) is 0 Å². The summed E-state index contributed by atoms with van der Waals surface area (Å²) in [5.41, 5.74) is 2.50. The summed E-state index contributed by atoms with van der Waals surface area (Å²) in [5.74, 6) is 0.198. The van der Waals surface area contributed by atoms with Gasteiger partial charge in [-0.05, 0) is 43.7 Å². The van der Waals surface area contributed by atoms with Crippen LogP contribution in [0.5, 0.6) is 0 Å². The molecule has 1 aliphatic heterocycles. The molecular weight excluding hydrogens is 411 g/mol. The van der Waals surface area contributed by atoms with Gasteiger partial charge in [0, 0.05) is 45.6 Å². The molecule has 0 N–H and O–H groups in total. The molecule has 2 aliphatic rings. The molecule has 170 valence electrons. The van der Waals surface area contributed by atoms with Gasteiger partial charge in [0.25, 0.3) is 5.91 Å². The molecule has 1 aliphatic carbocycles. The molecule has 31 heavy (non-hydrogen) atoms. The van der Waals surface area contributed by atoms with Gasteiger partial charge in [-0.3, -0.25) is 9.18 Å². The van der Waals surface area contributed by atoms with Gasteiger partial charge in [0.15, 0.2) is 0 Å². The third-order valence-electron chi connectivity index (χ3n) is 6.69. The first-order valence-corrected chi connectivity index (χ1v) is 15.1. The van der Waals surface area contributed by atoms with Crippen molar-refractivity contribution in [1.82, 2.24) is 14.5 Å². The Morgan fingerprint density at radius 3 is 2.65 bits per heavy atom. The minimum atomic E-state index is -1.13. The van der Waals surface area contributed by atoms with Crippen LogP contribution in [0.15, 0.2) is 18.5 Å². The van der Waals surface area contributed by atoms with Crippen molar-refractivity contribution < 1.29 is 13.9 Å². The number of halogens is 1. The molecule has 2 aromatic heterocycles. The van der Waals surface area contributed by atoms with Gasteiger partial charge in [-0.15, -0.1) is 0 Å². The van der Waals surface area contributed by atoms with Gasteiger partial charge in [0.2, 0.25) is 0 Å². The number of hydrogen-bond acceptors (Lipinski definition) is 4. The fourth-order valence-corrected chi connectivity index (χ4v) is 5.47. The maximum absolute atomic E-state index is 13.1. The van der Waals surface area contributed by atoms with Crippen LogP contribution in [-0.4, -0.2) is 61.5 Å². The average molecular weight is 447 g/mol. The lowest BCUT2D eigenvalue weighted by Gasteiger charge is -2.43. The van der Waals surface area contributed by atoms with Crippen molar-refractivity contribution in [2.75, 3.05) is 31.9 Å². The number of hydrogen-bond donors (Lipinski definition) is 0. The molecule has 0 bridgehead atoms. The van der Waals surface area contributed by atoms with Crippen LogP contribution in [0.1, 0.15) is 36.0 Å². The summed E-state index contributed by atoms with van der Waals surface area (Å²) in [6.45, 7) is 8.60. The van der Waals surface area contributed by atoms with Gasteiger partial charge in [-0.25, -0.2) is 4.98 Å². The first-order chi connectivity index (χ1) is 14.8. The lowest BCUT2D eigenvalue weighted by atomic mass is 9.85. The standard InChI is InChI=1S/C23H35FN4O2Si/c1-26-15-28(18-7-5-17(13-24)6-8-18)21-19-9-10-27(16-30-11-12-31(2,3)4)22(19)25-14-20(21)23(26)29/h9-10,14,17-18H,5-8,11-13,15-16H2,1-4H3/t17-,18-. The van der Waals surface area contributed by atoms with Gasteiger partial charge in [-0.2, -0.15) is 0 Å². The van der Waals surface area contributed by atoms with Gasteiger partial charge < -0.3 is 19.1 Å². The molecule has 0 unspecified atom stereocenters. The molecule has 0 aromatic carbocycles. The number of aromatic nitrogens is 2. The number of amides is 1. The number of carbonyl (C=O) groups excluding carboxylic acids is 1. The third-order valence-corrected chi connectivity index (χ3v) is 8.40. The Morgan fingerprint density at radius 1 is 1.23 bits per heavy atom. The topological polar surface area (TPSA) is 50.6 Å². The second-order valence-corrected chi connectivity index (χ2v) is 16.0. The minimum Gasteiger partial charge on any atom is -0.361 e. The van der Waals surface area contributed by atoms with Crippen LogP contribution in [0, 0.1) is 5.92 Å². The largest absolute Gasteiger partial charge is 0.361 e. The summed E-state index contributed by atoms with van der Waals surface area (Å²) in [7, 11) is 0.715. The summed E-state index contributed by atoms with van der Waals surface area (Å²) >= 11 is 0. The van der Waals surface area contributed by atoms with Gasteiger partial charge in [0.05, 0.1) is 24.6 Å². The van der Waals surface area contributed by atoms with Crippen LogP contribution >= 0.6 is 0 Å². The summed E-state index contributed by atoms with van der Waals surface area (Å²) in [6.07, 6.45) is 7.46. The zero-order chi connectivity index (χ0) is 22.2. The summed E-state index contributed by atoms with van der Waals surface area (Å²) < 4.78 is 21.1. The van der Waals surface area contributed by atoms with Crippen molar-refractivity contribution in [2.45, 2.75) is 64.1 Å². The Kier molecular flexibility index (Phi) is 6.39. The fourth-order valence-electron chi connectivity index (χ4n) is 4.71. The predicted octanol–water partition coefficient (Wildman–Crippen LogP) is 4.73. The highest BCUT2D eigenvalue weighted by Gasteiger charge is 2.35. The van der Waals surface area contributed by atoms with Crippen LogP contribution in [0.3, 0.4) is 0 Å². The highest BCUT2D eigenvalue weighted by molar-refractivity contribution is 6.76. The summed E-state index contributed by atoms with van der Waals surface area (Å²) in [6, 6.07) is 3.51. The van der Waals surface area contributed by atoms with E-state index in [2.05, 4.69) is 35.6 Å². The number of pyridine rings is 1. The van der Waals surface area contributed by atoms with E-state index in [-0.39, 0.29) is 18.5 Å². The predicted molar refractivity (Wildman–Crippen MR) is 125 cm³/mol. The van der Waals surface area contributed by atoms with E-state index in [0.29, 0.717) is 25.0 Å². The molecular formula is C23H35FN4O2Si. The van der Waals surface area contributed by atoms with Crippen molar-refractivity contribution in [3.63, 3.8) is 0 Å². The fraction of sp³-hybridized carbons (Fsp3) is 0.652. The lowest BCUT2D eigenvalue weighted by molar-refractivity contribution is 0.0774. The first kappa shape index (κ1) is 22.3. The van der Waals surface area contributed by atoms with Crippen LogP contribution in [0.25, 0.3) is 11.0 Å². The van der Waals surface area contributed by atoms with E-state index in [4.69, 9.17) is 4.74 Å². The van der Waals surface area contributed by atoms with E-state index >= 15 is 0 Å². The van der Waals surface area contributed by atoms with E-state index in [1.54, 1.807) is 11.1 Å². The van der Waals surface area contributed by atoms with Gasteiger partial charge in [-0.1, -0.05) is 19.6 Å². The zero-order valence-electron chi connectivity index (χ0n) is 19.2. The van der Waals surface area contributed by atoms with Crippen molar-refractivity contribution in [3.05, 3.63) is 24.0 Å². The highest BCUT2D eigenvalue weighted by Crippen LogP contribution is 2.39. The molecule has 2 aromatic rings. The van der Waals surface area contributed by atoms with Crippen molar-refractivity contribution >= 4 is 30.7 Å². The monoisotopic (exact) mass is 446 g/mol. The Balaban J connectivity index is 1.61. The Bertz CT molecular complexity index is 934. The molecule has 1 saturated carbocycles. The van der Waals surface area contributed by atoms with E-state index in [9.17, 15) is 9.18 Å². The molecule has 1 amide bonds. The van der Waals surface area contributed by atoms with Gasteiger partial charge >= 0.3 is 0 Å². The van der Waals surface area contributed by atoms with E-state index < -0.39 is 8.07 Å². The maximum Gasteiger partial charge on any atom is 0.258 e. The molecule has 0 saturated heterocycles. The SMILES string of the molecule is CN1CN([C@H]2CC[C@H](CF)CC2)c2c(cnc3c2ccn3COCC[Si](C)(C)C)C1=O. The molecule has 1 fully saturated rings. The van der Waals surface area contributed by atoms with Crippen LogP contribution in [-0.2, 0) is 11.5 Å². The minimum absolute atomic E-state index is 0.0113. The number of alkyl halides is 1. The summed E-state index contributed by atoms with van der Waals surface area (Å²) in [4.78, 5) is 21.6. The summed E-state index contributed by atoms with van der Waals surface area (Å²) in [5, 5.41) is 1.00. The maximum atomic E-state index is 13.1. The molecule has 6 nitrogen and oxygen atoms in total. The van der Waals surface area contributed by atoms with E-state index in [1.807, 2.05) is 17.8 Å². The van der Waals surface area contributed by atoms with Crippen LogP contribution in [0.4, 0.5) is 10.1 Å². The zero-order valence-corrected chi connectivity index (χ0v) is 20.2. The highest BCUT2D eigenvalue weighted by atomic mass is 28.3. The Labute approximate surface area is 185 Å². The number of fused-ring (bicyclic) bond motifs is 3. The van der Waals surface area contributed by atoms with E-state index in [0.717, 1.165) is 55.1 Å². The molecule has 0 atom stereocenters. The van der Waals surface area contributed by atoms with Crippen molar-refractivity contribution in [2.24, 2.45) is 5.92 Å². The van der Waals surface area contributed by atoms with Crippen LogP contribution in [0.2, 0.25) is 25.7 Å². The smallest absolute Gasteiger partial charge is 0.258 e. The molecule has 3 heterocycles. The number of anilines is 1. The average Bonchev–Trinajstić information content (AvgIpc) is 3.16. The normalized spacial score (nSPS) is 22.3. The van der Waals surface area contributed by atoms with Crippen LogP contribution < -0.4 is 4.90 Å². The molecule has 0 spiro atoms.